The fourth-order valence-corrected chi connectivity index (χ4v) is 2.92. The minimum absolute atomic E-state index is 0.102. The van der Waals surface area contributed by atoms with Crippen LogP contribution < -0.4 is 4.74 Å². The molecule has 0 unspecified atom stereocenters. The Kier molecular flexibility index (Phi) is 2.94. The lowest BCUT2D eigenvalue weighted by Gasteiger charge is -2.08. The third kappa shape index (κ3) is 2.15. The van der Waals surface area contributed by atoms with E-state index in [9.17, 15) is 8.42 Å². The van der Waals surface area contributed by atoms with E-state index in [1.807, 2.05) is 18.2 Å². The second-order valence-electron chi connectivity index (χ2n) is 4.70. The highest BCUT2D eigenvalue weighted by Gasteiger charge is 2.23. The van der Waals surface area contributed by atoms with Gasteiger partial charge in [-0.15, -0.1) is 10.2 Å². The Morgan fingerprint density at radius 3 is 2.71 bits per heavy atom. The third-order valence-corrected chi connectivity index (χ3v) is 4.19. The van der Waals surface area contributed by atoms with Gasteiger partial charge in [-0.05, 0) is 35.4 Å². The van der Waals surface area contributed by atoms with Crippen LogP contribution in [0.25, 0.3) is 17.8 Å². The summed E-state index contributed by atoms with van der Waals surface area (Å²) in [6.07, 6.45) is 4.52. The van der Waals surface area contributed by atoms with Crippen molar-refractivity contribution in [3.05, 3.63) is 41.7 Å². The summed E-state index contributed by atoms with van der Waals surface area (Å²) in [6, 6.07) is 5.55. The molecule has 1 aromatic heterocycles. The molecule has 2 aromatic rings. The average molecular weight is 303 g/mol. The molecule has 0 radical (unpaired) electrons. The molecule has 0 amide bonds. The predicted molar refractivity (Wildman–Crippen MR) is 79.5 cm³/mol. The Morgan fingerprint density at radius 1 is 1.29 bits per heavy atom. The lowest BCUT2D eigenvalue weighted by Crippen LogP contribution is -2.06. The normalized spacial score (nSPS) is 13.5. The van der Waals surface area contributed by atoms with Crippen LogP contribution in [0.4, 0.5) is 0 Å². The highest BCUT2D eigenvalue weighted by molar-refractivity contribution is 7.90. The predicted octanol–water partition coefficient (Wildman–Crippen LogP) is 1.69. The summed E-state index contributed by atoms with van der Waals surface area (Å²) in [4.78, 5) is 0. The van der Waals surface area contributed by atoms with Gasteiger partial charge < -0.3 is 4.74 Å². The minimum Gasteiger partial charge on any atom is -0.497 e. The van der Waals surface area contributed by atoms with Crippen molar-refractivity contribution >= 4 is 27.7 Å². The van der Waals surface area contributed by atoms with E-state index in [2.05, 4.69) is 16.8 Å². The van der Waals surface area contributed by atoms with Crippen LogP contribution >= 0.6 is 0 Å². The summed E-state index contributed by atoms with van der Waals surface area (Å²) in [5, 5.41) is 7.61. The van der Waals surface area contributed by atoms with E-state index in [1.165, 1.54) is 4.57 Å². The maximum atomic E-state index is 11.8. The maximum absolute atomic E-state index is 11.8. The minimum atomic E-state index is -3.47. The van der Waals surface area contributed by atoms with Crippen molar-refractivity contribution in [2.45, 2.75) is 5.16 Å². The lowest BCUT2D eigenvalue weighted by molar-refractivity contribution is 0.414. The van der Waals surface area contributed by atoms with Gasteiger partial charge in [-0.25, -0.2) is 8.42 Å². The van der Waals surface area contributed by atoms with Crippen molar-refractivity contribution in [3.63, 3.8) is 0 Å². The molecule has 2 heterocycles. The Bertz CT molecular complexity index is 879. The van der Waals surface area contributed by atoms with Crippen LogP contribution in [0.5, 0.6) is 5.75 Å². The maximum Gasteiger partial charge on any atom is 0.253 e. The first kappa shape index (κ1) is 13.6. The number of sulfone groups is 1. The van der Waals surface area contributed by atoms with Crippen LogP contribution in [0.2, 0.25) is 0 Å². The second kappa shape index (κ2) is 4.56. The van der Waals surface area contributed by atoms with E-state index in [0.29, 0.717) is 17.1 Å². The number of fused-ring (bicyclic) bond motifs is 2. The Labute approximate surface area is 122 Å². The largest absolute Gasteiger partial charge is 0.497 e. The highest BCUT2D eigenvalue weighted by Crippen LogP contribution is 2.31. The summed E-state index contributed by atoms with van der Waals surface area (Å²) in [5.41, 5.74) is 2.35. The van der Waals surface area contributed by atoms with Crippen molar-refractivity contribution in [1.82, 2.24) is 14.8 Å². The first-order valence-electron chi connectivity index (χ1n) is 6.12. The van der Waals surface area contributed by atoms with Gasteiger partial charge in [0, 0.05) is 18.0 Å². The zero-order chi connectivity index (χ0) is 15.2. The number of methoxy groups -OCH3 is 1. The number of nitrogens with zero attached hydrogens (tertiary/aromatic N) is 3. The molecule has 7 heteroatoms. The summed E-state index contributed by atoms with van der Waals surface area (Å²) >= 11 is 0. The summed E-state index contributed by atoms with van der Waals surface area (Å²) in [5.74, 6) is 1.13. The SMILES string of the molecule is C=C1c2ccc(OC)cc2C=Cn2c1nnc2S(C)(=O)=O. The van der Waals surface area contributed by atoms with Crippen molar-refractivity contribution in [2.24, 2.45) is 0 Å². The molecule has 0 fully saturated rings. The lowest BCUT2D eigenvalue weighted by atomic mass is 10.0. The monoisotopic (exact) mass is 303 g/mol. The van der Waals surface area contributed by atoms with Gasteiger partial charge in [0.25, 0.3) is 5.16 Å². The van der Waals surface area contributed by atoms with Crippen LogP contribution in [0.1, 0.15) is 17.0 Å². The fourth-order valence-electron chi connectivity index (χ4n) is 2.23. The van der Waals surface area contributed by atoms with Gasteiger partial charge in [-0.1, -0.05) is 6.58 Å². The van der Waals surface area contributed by atoms with Crippen LogP contribution in [-0.4, -0.2) is 36.5 Å². The number of ether oxygens (including phenoxy) is 1. The molecule has 0 N–H and O–H groups in total. The van der Waals surface area contributed by atoms with E-state index in [1.54, 1.807) is 19.4 Å². The summed E-state index contributed by atoms with van der Waals surface area (Å²) < 4.78 is 30.1. The molecule has 1 aromatic carbocycles. The summed E-state index contributed by atoms with van der Waals surface area (Å²) in [7, 11) is -1.88. The molecule has 108 valence electrons. The molecule has 0 saturated heterocycles. The smallest absolute Gasteiger partial charge is 0.253 e. The average Bonchev–Trinajstić information content (AvgIpc) is 2.82. The molecule has 3 rings (SSSR count). The first-order chi connectivity index (χ1) is 9.91. The van der Waals surface area contributed by atoms with Crippen LogP contribution in [0.3, 0.4) is 0 Å². The molecule has 0 saturated carbocycles. The standard InChI is InChI=1S/C14H13N3O3S/c1-9-12-5-4-11(20-2)8-10(12)6-7-17-13(9)15-16-14(17)21(3,18)19/h4-8H,1H2,2-3H3. The van der Waals surface area contributed by atoms with E-state index < -0.39 is 9.84 Å². The Balaban J connectivity index is 2.24. The Morgan fingerprint density at radius 2 is 2.05 bits per heavy atom. The zero-order valence-electron chi connectivity index (χ0n) is 11.6. The molecule has 0 bridgehead atoms. The van der Waals surface area contributed by atoms with Gasteiger partial charge >= 0.3 is 0 Å². The quantitative estimate of drug-likeness (QED) is 0.720. The number of aromatic nitrogens is 3. The molecule has 0 atom stereocenters. The van der Waals surface area contributed by atoms with Crippen molar-refractivity contribution in [3.8, 4) is 5.75 Å². The fraction of sp³-hybridized carbons (Fsp3) is 0.143. The number of benzene rings is 1. The molecule has 0 spiro atoms. The third-order valence-electron chi connectivity index (χ3n) is 3.25. The number of hydrogen-bond acceptors (Lipinski definition) is 5. The first-order valence-corrected chi connectivity index (χ1v) is 8.02. The van der Waals surface area contributed by atoms with Gasteiger partial charge in [0.2, 0.25) is 9.84 Å². The van der Waals surface area contributed by atoms with E-state index >= 15 is 0 Å². The van der Waals surface area contributed by atoms with Gasteiger partial charge in [-0.2, -0.15) is 0 Å². The second-order valence-corrected chi connectivity index (χ2v) is 6.61. The highest BCUT2D eigenvalue weighted by atomic mass is 32.2. The van der Waals surface area contributed by atoms with Gasteiger partial charge in [0.05, 0.1) is 7.11 Å². The Hall–Kier alpha value is -2.41. The molecule has 1 aliphatic heterocycles. The van der Waals surface area contributed by atoms with Crippen molar-refractivity contribution in [2.75, 3.05) is 13.4 Å². The van der Waals surface area contributed by atoms with Crippen molar-refractivity contribution in [1.29, 1.82) is 0 Å². The molecule has 1 aliphatic rings. The van der Waals surface area contributed by atoms with E-state index in [4.69, 9.17) is 4.74 Å². The van der Waals surface area contributed by atoms with Gasteiger partial charge in [0.1, 0.15) is 5.75 Å². The van der Waals surface area contributed by atoms with E-state index in [-0.39, 0.29) is 5.16 Å². The van der Waals surface area contributed by atoms with Crippen molar-refractivity contribution < 1.29 is 13.2 Å². The molecule has 21 heavy (non-hydrogen) atoms. The molecular weight excluding hydrogens is 290 g/mol. The van der Waals surface area contributed by atoms with Crippen LogP contribution in [0.15, 0.2) is 29.9 Å². The summed E-state index contributed by atoms with van der Waals surface area (Å²) in [6.45, 7) is 4.01. The van der Waals surface area contributed by atoms with Crippen LogP contribution in [-0.2, 0) is 9.84 Å². The van der Waals surface area contributed by atoms with Crippen LogP contribution in [0, 0.1) is 0 Å². The molecule has 0 aliphatic carbocycles. The zero-order valence-corrected chi connectivity index (χ0v) is 12.4. The molecule has 6 nitrogen and oxygen atoms in total. The van der Waals surface area contributed by atoms with Gasteiger partial charge in [-0.3, -0.25) is 4.57 Å². The van der Waals surface area contributed by atoms with Gasteiger partial charge in [0.15, 0.2) is 5.82 Å². The molecular formula is C14H13N3O3S. The number of hydrogen-bond donors (Lipinski definition) is 0. The van der Waals surface area contributed by atoms with E-state index in [0.717, 1.165) is 17.4 Å². The number of rotatable bonds is 2. The topological polar surface area (TPSA) is 74.1 Å².